The third-order valence-electron chi connectivity index (χ3n) is 7.70. The van der Waals surface area contributed by atoms with Gasteiger partial charge in [-0.3, -0.25) is 4.79 Å². The number of hydrogen-bond acceptors (Lipinski definition) is 8. The number of amides is 1. The molecule has 2 aliphatic rings. The maximum atomic E-state index is 13.9. The molecule has 2 fully saturated rings. The Kier molecular flexibility index (Phi) is 7.80. The molecule has 4 heterocycles. The smallest absolute Gasteiger partial charge is 0.328 e. The maximum absolute atomic E-state index is 13.9. The van der Waals surface area contributed by atoms with E-state index in [1.807, 2.05) is 24.1 Å². The third-order valence-corrected chi connectivity index (χ3v) is 8.78. The summed E-state index contributed by atoms with van der Waals surface area (Å²) in [5.74, 6) is 0.264. The van der Waals surface area contributed by atoms with Crippen molar-refractivity contribution < 1.29 is 22.7 Å². The molecule has 1 amide bonds. The van der Waals surface area contributed by atoms with Gasteiger partial charge in [0, 0.05) is 47.8 Å². The van der Waals surface area contributed by atoms with Gasteiger partial charge in [0.05, 0.1) is 24.6 Å². The number of likely N-dealkylation sites (tertiary alicyclic amines) is 1. The minimum absolute atomic E-state index is 0.244. The van der Waals surface area contributed by atoms with Gasteiger partial charge in [0.25, 0.3) is 5.91 Å². The minimum atomic E-state index is -3.36. The second-order valence-electron chi connectivity index (χ2n) is 11.0. The molecule has 0 saturated carbocycles. The van der Waals surface area contributed by atoms with Crippen LogP contribution in [0, 0.1) is 12.8 Å². The SMILES string of the molecule is COC(=O)[C@H]1C[C@H](C)CN1c1nc2cc(C3CCCCN3C(=O)c3cc(Cl)ccc3CS(C)(=O)=O)nn2cc1C. The fourth-order valence-corrected chi connectivity index (χ4v) is 6.89. The summed E-state index contributed by atoms with van der Waals surface area (Å²) in [6, 6.07) is 5.96. The average molecular weight is 588 g/mol. The van der Waals surface area contributed by atoms with Crippen LogP contribution in [0.5, 0.6) is 0 Å². The Bertz CT molecular complexity index is 1570. The van der Waals surface area contributed by atoms with E-state index in [4.69, 9.17) is 26.4 Å². The first-order valence-electron chi connectivity index (χ1n) is 13.4. The lowest BCUT2D eigenvalue weighted by Crippen LogP contribution is -2.39. The van der Waals surface area contributed by atoms with Crippen LogP contribution in [-0.4, -0.2) is 72.3 Å². The molecular formula is C28H34ClN5O5S. The first-order valence-corrected chi connectivity index (χ1v) is 15.9. The number of rotatable bonds is 6. The van der Waals surface area contributed by atoms with Crippen molar-refractivity contribution in [3.05, 3.63) is 57.9 Å². The molecule has 0 bridgehead atoms. The number of carbonyl (C=O) groups is 2. The van der Waals surface area contributed by atoms with Crippen molar-refractivity contribution in [3.8, 4) is 0 Å². The quantitative estimate of drug-likeness (QED) is 0.398. The van der Waals surface area contributed by atoms with Crippen LogP contribution in [0.2, 0.25) is 5.02 Å². The second-order valence-corrected chi connectivity index (χ2v) is 13.6. The number of carbonyl (C=O) groups excluding carboxylic acids is 2. The predicted octanol–water partition coefficient (Wildman–Crippen LogP) is 3.99. The number of ether oxygens (including phenoxy) is 1. The van der Waals surface area contributed by atoms with Crippen LogP contribution in [-0.2, 0) is 25.1 Å². The lowest BCUT2D eigenvalue weighted by molar-refractivity contribution is -0.142. The van der Waals surface area contributed by atoms with E-state index < -0.39 is 9.84 Å². The van der Waals surface area contributed by atoms with Crippen LogP contribution in [0.25, 0.3) is 5.65 Å². The zero-order chi connectivity index (χ0) is 28.8. The van der Waals surface area contributed by atoms with Crippen LogP contribution in [0.3, 0.4) is 0 Å². The molecule has 2 aliphatic heterocycles. The largest absolute Gasteiger partial charge is 0.467 e. The molecule has 1 aromatic carbocycles. The molecule has 10 nitrogen and oxygen atoms in total. The number of methoxy groups -OCH3 is 1. The minimum Gasteiger partial charge on any atom is -0.467 e. The fraction of sp³-hybridized carbons (Fsp3) is 0.500. The van der Waals surface area contributed by atoms with E-state index in [9.17, 15) is 18.0 Å². The molecule has 2 aromatic heterocycles. The number of fused-ring (bicyclic) bond motifs is 1. The van der Waals surface area contributed by atoms with E-state index in [1.54, 1.807) is 27.6 Å². The number of piperidine rings is 1. The van der Waals surface area contributed by atoms with Gasteiger partial charge in [0.1, 0.15) is 11.9 Å². The number of benzene rings is 1. The molecule has 40 heavy (non-hydrogen) atoms. The normalized spacial score (nSPS) is 21.7. The molecule has 0 aliphatic carbocycles. The Balaban J connectivity index is 1.49. The Morgan fingerprint density at radius 2 is 1.98 bits per heavy atom. The molecule has 5 rings (SSSR count). The standard InChI is InChI=1S/C28H34ClN5O5S/c1-17-11-24(28(36)39-3)33(14-17)26-18(2)15-34-25(30-26)13-22(31-34)23-7-5-6-10-32(23)27(35)21-12-20(29)9-8-19(21)16-40(4,37)38/h8-9,12-13,15,17,23-24H,5-7,10-11,14,16H2,1-4H3/t17-,23?,24+/m0/s1. The van der Waals surface area contributed by atoms with Gasteiger partial charge in [-0.15, -0.1) is 0 Å². The molecule has 3 aromatic rings. The van der Waals surface area contributed by atoms with Crippen LogP contribution in [0.1, 0.15) is 65.8 Å². The van der Waals surface area contributed by atoms with Gasteiger partial charge in [-0.25, -0.2) is 22.7 Å². The monoisotopic (exact) mass is 587 g/mol. The number of halogens is 1. The van der Waals surface area contributed by atoms with Crippen LogP contribution in [0.15, 0.2) is 30.5 Å². The number of anilines is 1. The van der Waals surface area contributed by atoms with Crippen molar-refractivity contribution in [3.63, 3.8) is 0 Å². The number of aromatic nitrogens is 3. The van der Waals surface area contributed by atoms with E-state index in [0.29, 0.717) is 52.9 Å². The average Bonchev–Trinajstić information content (AvgIpc) is 3.50. The van der Waals surface area contributed by atoms with E-state index in [-0.39, 0.29) is 29.7 Å². The third kappa shape index (κ3) is 5.67. The summed E-state index contributed by atoms with van der Waals surface area (Å²) in [5, 5.41) is 5.18. The highest BCUT2D eigenvalue weighted by atomic mass is 35.5. The van der Waals surface area contributed by atoms with Gasteiger partial charge in [-0.05, 0) is 56.2 Å². The molecular weight excluding hydrogens is 554 g/mol. The molecule has 214 valence electrons. The lowest BCUT2D eigenvalue weighted by Gasteiger charge is -2.35. The summed E-state index contributed by atoms with van der Waals surface area (Å²) >= 11 is 6.23. The fourth-order valence-electron chi connectivity index (χ4n) is 5.91. The summed E-state index contributed by atoms with van der Waals surface area (Å²) in [7, 11) is -1.96. The van der Waals surface area contributed by atoms with E-state index in [0.717, 1.165) is 36.9 Å². The summed E-state index contributed by atoms with van der Waals surface area (Å²) < 4.78 is 30.9. The number of aryl methyl sites for hydroxylation is 1. The maximum Gasteiger partial charge on any atom is 0.328 e. The van der Waals surface area contributed by atoms with Gasteiger partial charge < -0.3 is 14.5 Å². The number of esters is 1. The highest BCUT2D eigenvalue weighted by Gasteiger charge is 2.38. The zero-order valence-electron chi connectivity index (χ0n) is 23.1. The molecule has 1 unspecified atom stereocenters. The molecule has 0 spiro atoms. The Hall–Kier alpha value is -3.18. The first kappa shape index (κ1) is 28.4. The van der Waals surface area contributed by atoms with Crippen molar-refractivity contribution in [2.24, 2.45) is 5.92 Å². The van der Waals surface area contributed by atoms with Crippen molar-refractivity contribution in [1.29, 1.82) is 0 Å². The van der Waals surface area contributed by atoms with Crippen molar-refractivity contribution in [2.75, 3.05) is 31.4 Å². The Labute approximate surface area is 239 Å². The van der Waals surface area contributed by atoms with Crippen LogP contribution >= 0.6 is 11.6 Å². The summed E-state index contributed by atoms with van der Waals surface area (Å²) in [4.78, 5) is 35.0. The van der Waals surface area contributed by atoms with Crippen molar-refractivity contribution in [2.45, 2.75) is 57.4 Å². The van der Waals surface area contributed by atoms with E-state index in [1.165, 1.54) is 7.11 Å². The topological polar surface area (TPSA) is 114 Å². The second kappa shape index (κ2) is 11.0. The lowest BCUT2D eigenvalue weighted by atomic mass is 9.97. The summed E-state index contributed by atoms with van der Waals surface area (Å²) in [6.45, 7) is 5.27. The van der Waals surface area contributed by atoms with Gasteiger partial charge >= 0.3 is 5.97 Å². The van der Waals surface area contributed by atoms with Gasteiger partial charge in [-0.2, -0.15) is 5.10 Å². The number of nitrogens with zero attached hydrogens (tertiary/aromatic N) is 5. The Morgan fingerprint density at radius 3 is 2.70 bits per heavy atom. The highest BCUT2D eigenvalue weighted by Crippen LogP contribution is 2.35. The highest BCUT2D eigenvalue weighted by molar-refractivity contribution is 7.89. The zero-order valence-corrected chi connectivity index (χ0v) is 24.7. The van der Waals surface area contributed by atoms with Crippen molar-refractivity contribution in [1.82, 2.24) is 19.5 Å². The molecule has 12 heteroatoms. The van der Waals surface area contributed by atoms with Crippen LogP contribution in [0.4, 0.5) is 5.82 Å². The molecule has 0 radical (unpaired) electrons. The predicted molar refractivity (Wildman–Crippen MR) is 152 cm³/mol. The van der Waals surface area contributed by atoms with Gasteiger partial charge in [0.2, 0.25) is 0 Å². The molecule has 3 atom stereocenters. The van der Waals surface area contributed by atoms with Crippen molar-refractivity contribution >= 4 is 44.8 Å². The summed E-state index contributed by atoms with van der Waals surface area (Å²) in [5.41, 5.74) is 2.94. The Morgan fingerprint density at radius 1 is 1.20 bits per heavy atom. The first-order chi connectivity index (χ1) is 18.9. The van der Waals surface area contributed by atoms with Gasteiger partial charge in [0.15, 0.2) is 15.5 Å². The number of hydrogen-bond donors (Lipinski definition) is 0. The van der Waals surface area contributed by atoms with Gasteiger partial charge in [-0.1, -0.05) is 24.6 Å². The van der Waals surface area contributed by atoms with E-state index >= 15 is 0 Å². The molecule has 2 saturated heterocycles. The number of sulfone groups is 1. The van der Waals surface area contributed by atoms with E-state index in [2.05, 4.69) is 6.92 Å². The summed E-state index contributed by atoms with van der Waals surface area (Å²) in [6.07, 6.45) is 6.23. The molecule has 0 N–H and O–H groups in total. The van der Waals surface area contributed by atoms with Crippen LogP contribution < -0.4 is 4.90 Å².